The molecule has 1 rings (SSSR count). The number of hydrogen-bond donors (Lipinski definition) is 0. The molecule has 0 amide bonds. The zero-order valence-electron chi connectivity index (χ0n) is 9.90. The highest BCUT2D eigenvalue weighted by Crippen LogP contribution is 2.32. The summed E-state index contributed by atoms with van der Waals surface area (Å²) >= 11 is 7.00. The minimum atomic E-state index is 0.298. The summed E-state index contributed by atoms with van der Waals surface area (Å²) < 4.78 is 9.40. The third-order valence-corrected chi connectivity index (χ3v) is 2.91. The fourth-order valence-electron chi connectivity index (χ4n) is 0.920. The normalized spacial score (nSPS) is 11.1. The lowest BCUT2D eigenvalue weighted by atomic mass is 10.3. The van der Waals surface area contributed by atoms with Crippen molar-refractivity contribution in [2.75, 3.05) is 20.7 Å². The molecular formula is C10H13ClN4OS. The summed E-state index contributed by atoms with van der Waals surface area (Å²) in [6, 6.07) is 2.04. The van der Waals surface area contributed by atoms with E-state index in [-0.39, 0.29) is 0 Å². The molecule has 0 bridgehead atoms. The molecule has 0 atom stereocenters. The van der Waals surface area contributed by atoms with E-state index in [0.717, 1.165) is 18.0 Å². The molecule has 0 aromatic carbocycles. The first-order valence-corrected chi connectivity index (χ1v) is 6.19. The molecule has 1 heterocycles. The molecule has 1 aromatic rings. The zero-order valence-corrected chi connectivity index (χ0v) is 11.5. The fraction of sp³-hybridized carbons (Fsp3) is 0.500. The van der Waals surface area contributed by atoms with E-state index in [1.165, 1.54) is 0 Å². The Morgan fingerprint density at radius 2 is 2.35 bits per heavy atom. The molecule has 0 N–H and O–H groups in total. The van der Waals surface area contributed by atoms with E-state index in [2.05, 4.69) is 9.37 Å². The van der Waals surface area contributed by atoms with Gasteiger partial charge in [-0.05, 0) is 29.6 Å². The van der Waals surface area contributed by atoms with Crippen LogP contribution in [0.1, 0.15) is 18.9 Å². The van der Waals surface area contributed by atoms with Gasteiger partial charge >= 0.3 is 0 Å². The van der Waals surface area contributed by atoms with Crippen molar-refractivity contribution >= 4 is 33.4 Å². The van der Waals surface area contributed by atoms with Gasteiger partial charge in [-0.15, -0.1) is 0 Å². The smallest absolute Gasteiger partial charge is 0.245 e. The molecule has 0 aliphatic heterocycles. The van der Waals surface area contributed by atoms with Crippen LogP contribution >= 0.6 is 23.1 Å². The SMILES string of the molecule is CCCOc1nsc(N=C(Cl)N(C)C)c1C#N. The highest BCUT2D eigenvalue weighted by atomic mass is 35.5. The minimum absolute atomic E-state index is 0.298. The van der Waals surface area contributed by atoms with Crippen molar-refractivity contribution in [2.24, 2.45) is 4.99 Å². The Balaban J connectivity index is 2.99. The van der Waals surface area contributed by atoms with Gasteiger partial charge in [0.25, 0.3) is 0 Å². The van der Waals surface area contributed by atoms with Crippen LogP contribution in [0.15, 0.2) is 4.99 Å². The maximum absolute atomic E-state index is 9.05. The van der Waals surface area contributed by atoms with Gasteiger partial charge in [0.15, 0.2) is 15.9 Å². The maximum atomic E-state index is 9.05. The van der Waals surface area contributed by atoms with Crippen LogP contribution in [-0.2, 0) is 0 Å². The van der Waals surface area contributed by atoms with Gasteiger partial charge in [-0.25, -0.2) is 4.99 Å². The van der Waals surface area contributed by atoms with Crippen molar-refractivity contribution in [1.29, 1.82) is 5.26 Å². The highest BCUT2D eigenvalue weighted by Gasteiger charge is 2.15. The molecule has 7 heteroatoms. The molecular weight excluding hydrogens is 260 g/mol. The molecule has 1 aromatic heterocycles. The second-order valence-corrected chi connectivity index (χ2v) is 4.49. The Labute approximate surface area is 109 Å². The Hall–Kier alpha value is -1.32. The Kier molecular flexibility index (Phi) is 5.19. The number of aromatic nitrogens is 1. The number of hydrogen-bond acceptors (Lipinski definition) is 5. The monoisotopic (exact) mass is 272 g/mol. The Morgan fingerprint density at radius 3 is 2.88 bits per heavy atom. The molecule has 0 aliphatic carbocycles. The molecule has 0 saturated carbocycles. The van der Waals surface area contributed by atoms with E-state index in [9.17, 15) is 0 Å². The quantitative estimate of drug-likeness (QED) is 0.480. The number of aliphatic imine (C=N–C) groups is 1. The van der Waals surface area contributed by atoms with E-state index in [1.54, 1.807) is 19.0 Å². The molecule has 0 spiro atoms. The second kappa shape index (κ2) is 6.42. The predicted octanol–water partition coefficient (Wildman–Crippen LogP) is 2.59. The summed E-state index contributed by atoms with van der Waals surface area (Å²) in [7, 11) is 3.54. The van der Waals surface area contributed by atoms with Gasteiger partial charge in [0, 0.05) is 14.1 Å². The van der Waals surface area contributed by atoms with Crippen LogP contribution in [0.5, 0.6) is 5.88 Å². The van der Waals surface area contributed by atoms with Gasteiger partial charge < -0.3 is 9.64 Å². The van der Waals surface area contributed by atoms with Gasteiger partial charge in [-0.3, -0.25) is 0 Å². The van der Waals surface area contributed by atoms with Crippen LogP contribution in [0.3, 0.4) is 0 Å². The van der Waals surface area contributed by atoms with E-state index in [0.29, 0.717) is 28.3 Å². The average Bonchev–Trinajstić information content (AvgIpc) is 2.68. The fourth-order valence-corrected chi connectivity index (χ4v) is 1.72. The number of nitrogens with zero attached hydrogens (tertiary/aromatic N) is 4. The van der Waals surface area contributed by atoms with Crippen LogP contribution in [-0.4, -0.2) is 35.3 Å². The summed E-state index contributed by atoms with van der Waals surface area (Å²) in [6.45, 7) is 2.52. The Bertz CT molecular complexity index is 450. The molecule has 0 aliphatic rings. The number of nitriles is 1. The van der Waals surface area contributed by atoms with Gasteiger partial charge in [0.2, 0.25) is 5.88 Å². The first-order valence-electron chi connectivity index (χ1n) is 5.04. The lowest BCUT2D eigenvalue weighted by Crippen LogP contribution is -2.15. The topological polar surface area (TPSA) is 61.5 Å². The van der Waals surface area contributed by atoms with Gasteiger partial charge in [-0.1, -0.05) is 6.92 Å². The van der Waals surface area contributed by atoms with Gasteiger partial charge in [0.05, 0.1) is 6.61 Å². The van der Waals surface area contributed by atoms with Crippen molar-refractivity contribution in [3.63, 3.8) is 0 Å². The molecule has 0 unspecified atom stereocenters. The first kappa shape index (κ1) is 13.7. The number of halogens is 1. The van der Waals surface area contributed by atoms with Crippen LogP contribution in [0.2, 0.25) is 0 Å². The van der Waals surface area contributed by atoms with Crippen molar-refractivity contribution in [3.8, 4) is 11.9 Å². The minimum Gasteiger partial charge on any atom is -0.476 e. The maximum Gasteiger partial charge on any atom is 0.245 e. The average molecular weight is 273 g/mol. The summed E-state index contributed by atoms with van der Waals surface area (Å²) in [4.78, 5) is 5.77. The summed E-state index contributed by atoms with van der Waals surface area (Å²) in [5.41, 5.74) is 0.337. The molecule has 17 heavy (non-hydrogen) atoms. The zero-order chi connectivity index (χ0) is 12.8. The number of ether oxygens (including phenoxy) is 1. The van der Waals surface area contributed by atoms with Gasteiger partial charge in [-0.2, -0.15) is 9.64 Å². The first-order chi connectivity index (χ1) is 8.10. The summed E-state index contributed by atoms with van der Waals surface area (Å²) in [5.74, 6) is 0.335. The Morgan fingerprint density at radius 1 is 1.65 bits per heavy atom. The number of amidine groups is 1. The van der Waals surface area contributed by atoms with E-state index < -0.39 is 0 Å². The lowest BCUT2D eigenvalue weighted by molar-refractivity contribution is 0.307. The summed E-state index contributed by atoms with van der Waals surface area (Å²) in [6.07, 6.45) is 0.861. The van der Waals surface area contributed by atoms with Crippen LogP contribution in [0, 0.1) is 11.3 Å². The van der Waals surface area contributed by atoms with Crippen molar-refractivity contribution in [1.82, 2.24) is 9.27 Å². The predicted molar refractivity (Wildman–Crippen MR) is 69.3 cm³/mol. The van der Waals surface area contributed by atoms with Crippen molar-refractivity contribution in [3.05, 3.63) is 5.56 Å². The molecule has 5 nitrogen and oxygen atoms in total. The largest absolute Gasteiger partial charge is 0.476 e. The molecule has 92 valence electrons. The standard InChI is InChI=1S/C10H13ClN4OS/c1-4-5-16-8-7(6-12)9(17-14-8)13-10(11)15(2)3/h4-5H2,1-3H3. The van der Waals surface area contributed by atoms with E-state index >= 15 is 0 Å². The van der Waals surface area contributed by atoms with Crippen LogP contribution in [0.4, 0.5) is 5.00 Å². The van der Waals surface area contributed by atoms with Crippen LogP contribution < -0.4 is 4.74 Å². The third kappa shape index (κ3) is 3.58. The third-order valence-electron chi connectivity index (χ3n) is 1.76. The summed E-state index contributed by atoms with van der Waals surface area (Å²) in [5, 5.41) is 9.82. The molecule has 0 saturated heterocycles. The molecule has 0 radical (unpaired) electrons. The van der Waals surface area contributed by atoms with Crippen LogP contribution in [0.25, 0.3) is 0 Å². The van der Waals surface area contributed by atoms with Gasteiger partial charge in [0.1, 0.15) is 6.07 Å². The lowest BCUT2D eigenvalue weighted by Gasteiger charge is -2.07. The van der Waals surface area contributed by atoms with Crippen molar-refractivity contribution in [2.45, 2.75) is 13.3 Å². The molecule has 0 fully saturated rings. The van der Waals surface area contributed by atoms with Crippen molar-refractivity contribution < 1.29 is 4.74 Å². The second-order valence-electron chi connectivity index (χ2n) is 3.40. The van der Waals surface area contributed by atoms with E-state index in [1.807, 2.05) is 13.0 Å². The number of rotatable bonds is 4. The van der Waals surface area contributed by atoms with E-state index in [4.69, 9.17) is 21.6 Å². The highest BCUT2D eigenvalue weighted by molar-refractivity contribution is 7.10.